The van der Waals surface area contributed by atoms with Crippen LogP contribution in [0.5, 0.6) is 11.5 Å². The van der Waals surface area contributed by atoms with Crippen LogP contribution in [0.15, 0.2) is 41.5 Å². The number of hydrogen-bond acceptors (Lipinski definition) is 9. The Morgan fingerprint density at radius 3 is 2.27 bits per heavy atom. The van der Waals surface area contributed by atoms with Crippen molar-refractivity contribution in [3.63, 3.8) is 0 Å². The van der Waals surface area contributed by atoms with Gasteiger partial charge in [0.2, 0.25) is 5.91 Å². The van der Waals surface area contributed by atoms with E-state index in [1.165, 1.54) is 17.4 Å². The first kappa shape index (κ1) is 29.2. The van der Waals surface area contributed by atoms with E-state index in [1.54, 1.807) is 24.1 Å². The highest BCUT2D eigenvalue weighted by Gasteiger charge is 2.32. The van der Waals surface area contributed by atoms with Crippen LogP contribution in [0.2, 0.25) is 0 Å². The minimum Gasteiger partial charge on any atom is -0.504 e. The van der Waals surface area contributed by atoms with E-state index >= 15 is 0 Å². The third-order valence-electron chi connectivity index (χ3n) is 6.66. The summed E-state index contributed by atoms with van der Waals surface area (Å²) in [7, 11) is 1.58. The number of nitrogens with zero attached hydrogens (tertiary/aromatic N) is 1. The van der Waals surface area contributed by atoms with Crippen LogP contribution in [0.4, 0.5) is 0 Å². The highest BCUT2D eigenvalue weighted by Crippen LogP contribution is 2.36. The summed E-state index contributed by atoms with van der Waals surface area (Å²) in [4.78, 5) is 48.2. The number of hydrogen-bond donors (Lipinski definition) is 3. The SMILES string of the molecule is COC1C=C2CN(C(=O)CCC(=O)O)CC2=CC1OCCCOc1cc2cc(C(=O)CCC(=O)O)sc2cc1O. The third kappa shape index (κ3) is 7.26. The second kappa shape index (κ2) is 13.1. The lowest BCUT2D eigenvalue weighted by molar-refractivity contribution is -0.140. The molecule has 1 aromatic carbocycles. The Kier molecular flexibility index (Phi) is 9.56. The van der Waals surface area contributed by atoms with Gasteiger partial charge in [0.05, 0.1) is 30.9 Å². The smallest absolute Gasteiger partial charge is 0.303 e. The Morgan fingerprint density at radius 2 is 1.60 bits per heavy atom. The fraction of sp³-hybridized carbons (Fsp3) is 0.429. The largest absolute Gasteiger partial charge is 0.504 e. The number of carbonyl (C=O) groups excluding carboxylic acids is 2. The molecule has 3 N–H and O–H groups in total. The number of Topliss-reactive ketones (excluding diaryl/α,β-unsaturated/α-hetero) is 1. The van der Waals surface area contributed by atoms with Gasteiger partial charge in [-0.05, 0) is 40.8 Å². The van der Waals surface area contributed by atoms with E-state index in [9.17, 15) is 24.3 Å². The van der Waals surface area contributed by atoms with Crippen molar-refractivity contribution in [2.45, 2.75) is 44.3 Å². The molecule has 2 unspecified atom stereocenters. The summed E-state index contributed by atoms with van der Waals surface area (Å²) < 4.78 is 18.1. The summed E-state index contributed by atoms with van der Waals surface area (Å²) >= 11 is 1.20. The maximum absolute atomic E-state index is 12.3. The van der Waals surface area contributed by atoms with Gasteiger partial charge in [0.1, 0.15) is 12.2 Å². The van der Waals surface area contributed by atoms with Gasteiger partial charge < -0.3 is 34.4 Å². The summed E-state index contributed by atoms with van der Waals surface area (Å²) in [5.74, 6) is -2.28. The van der Waals surface area contributed by atoms with Crippen LogP contribution >= 0.6 is 11.3 Å². The van der Waals surface area contributed by atoms with Gasteiger partial charge in [-0.2, -0.15) is 0 Å². The predicted octanol–water partition coefficient (Wildman–Crippen LogP) is 3.40. The molecule has 1 fully saturated rings. The first-order valence-electron chi connectivity index (χ1n) is 12.8. The van der Waals surface area contributed by atoms with Gasteiger partial charge in [0.25, 0.3) is 0 Å². The standard InChI is InChI=1S/C28H31NO10S/c1-37-22-10-17-14-29(26(32)4-6-28(35)36)15-18(17)11-23(22)39-8-2-7-38-21-9-16-12-25(19(30)3-5-27(33)34)40-24(16)13-20(21)31/h9-13,22-23,31H,2-8,14-15H2,1H3,(H,33,34)(H,35,36). The highest BCUT2D eigenvalue weighted by molar-refractivity contribution is 7.20. The second-order valence-electron chi connectivity index (χ2n) is 9.55. The van der Waals surface area contributed by atoms with Gasteiger partial charge >= 0.3 is 11.9 Å². The maximum atomic E-state index is 12.3. The molecule has 0 bridgehead atoms. The molecule has 40 heavy (non-hydrogen) atoms. The van der Waals surface area contributed by atoms with E-state index in [-0.39, 0.29) is 67.7 Å². The zero-order valence-corrected chi connectivity index (χ0v) is 22.8. The number of carboxylic acid groups (broad SMARTS) is 2. The highest BCUT2D eigenvalue weighted by atomic mass is 32.1. The number of amides is 1. The topological polar surface area (TPSA) is 160 Å². The number of fused-ring (bicyclic) bond motifs is 2. The van der Waals surface area contributed by atoms with Crippen molar-refractivity contribution >= 4 is 45.1 Å². The molecule has 12 heteroatoms. The van der Waals surface area contributed by atoms with Crippen LogP contribution in [-0.2, 0) is 23.9 Å². The molecule has 2 aliphatic rings. The van der Waals surface area contributed by atoms with Crippen molar-refractivity contribution in [1.29, 1.82) is 0 Å². The number of phenolic OH excluding ortho intramolecular Hbond substituents is 1. The molecule has 11 nitrogen and oxygen atoms in total. The number of ketones is 1. The Hall–Kier alpha value is -3.74. The van der Waals surface area contributed by atoms with Gasteiger partial charge in [0.15, 0.2) is 17.3 Å². The number of carboxylic acids is 2. The molecular formula is C28H31NO10S. The van der Waals surface area contributed by atoms with Crippen LogP contribution in [-0.4, -0.2) is 89.5 Å². The summed E-state index contributed by atoms with van der Waals surface area (Å²) in [6.07, 6.45) is 3.17. The van der Waals surface area contributed by atoms with Gasteiger partial charge in [-0.3, -0.25) is 19.2 Å². The van der Waals surface area contributed by atoms with E-state index < -0.39 is 11.9 Å². The molecule has 1 aliphatic heterocycles. The first-order chi connectivity index (χ1) is 19.1. The summed E-state index contributed by atoms with van der Waals surface area (Å²) in [6, 6.07) is 4.85. The molecule has 0 radical (unpaired) electrons. The van der Waals surface area contributed by atoms with E-state index in [2.05, 4.69) is 0 Å². The van der Waals surface area contributed by atoms with Crippen molar-refractivity contribution < 1.29 is 48.7 Å². The third-order valence-corrected chi connectivity index (χ3v) is 7.80. The summed E-state index contributed by atoms with van der Waals surface area (Å²) in [6.45, 7) is 1.44. The minimum atomic E-state index is -1.03. The molecule has 4 rings (SSSR count). The fourth-order valence-electron chi connectivity index (χ4n) is 4.58. The number of ether oxygens (including phenoxy) is 3. The van der Waals surface area contributed by atoms with Crippen LogP contribution in [0.1, 0.15) is 41.8 Å². The minimum absolute atomic E-state index is 0.0372. The molecule has 0 saturated carbocycles. The van der Waals surface area contributed by atoms with E-state index in [1.807, 2.05) is 12.2 Å². The quantitative estimate of drug-likeness (QED) is 0.226. The molecule has 2 atom stereocenters. The van der Waals surface area contributed by atoms with Gasteiger partial charge in [-0.15, -0.1) is 11.3 Å². The van der Waals surface area contributed by atoms with Gasteiger partial charge in [0, 0.05) is 50.2 Å². The first-order valence-corrected chi connectivity index (χ1v) is 13.7. The van der Waals surface area contributed by atoms with Crippen LogP contribution < -0.4 is 4.74 Å². The van der Waals surface area contributed by atoms with Crippen LogP contribution in [0, 0.1) is 0 Å². The fourth-order valence-corrected chi connectivity index (χ4v) is 5.63. The van der Waals surface area contributed by atoms with Crippen molar-refractivity contribution in [3.8, 4) is 11.5 Å². The molecule has 2 aromatic rings. The predicted molar refractivity (Wildman–Crippen MR) is 145 cm³/mol. The Morgan fingerprint density at radius 1 is 0.925 bits per heavy atom. The van der Waals surface area contributed by atoms with Crippen molar-refractivity contribution in [1.82, 2.24) is 4.90 Å². The van der Waals surface area contributed by atoms with E-state index in [0.29, 0.717) is 35.7 Å². The number of likely N-dealkylation sites (tertiary alicyclic amines) is 1. The van der Waals surface area contributed by atoms with E-state index in [4.69, 9.17) is 24.4 Å². The zero-order chi connectivity index (χ0) is 28.8. The summed E-state index contributed by atoms with van der Waals surface area (Å²) in [5.41, 5.74) is 1.94. The molecule has 2 heterocycles. The average molecular weight is 574 g/mol. The molecule has 1 aromatic heterocycles. The lowest BCUT2D eigenvalue weighted by Crippen LogP contribution is -2.31. The normalized spacial score (nSPS) is 18.3. The Balaban J connectivity index is 1.27. The number of aromatic hydroxyl groups is 1. The zero-order valence-electron chi connectivity index (χ0n) is 22.0. The van der Waals surface area contributed by atoms with Gasteiger partial charge in [-0.25, -0.2) is 0 Å². The molecule has 1 amide bonds. The Bertz CT molecular complexity index is 1360. The van der Waals surface area contributed by atoms with Crippen molar-refractivity contribution in [2.75, 3.05) is 33.4 Å². The van der Waals surface area contributed by atoms with Gasteiger partial charge in [-0.1, -0.05) is 0 Å². The number of rotatable bonds is 14. The van der Waals surface area contributed by atoms with Crippen LogP contribution in [0.25, 0.3) is 10.1 Å². The molecule has 1 saturated heterocycles. The maximum Gasteiger partial charge on any atom is 0.303 e. The van der Waals surface area contributed by atoms with Crippen molar-refractivity contribution in [2.24, 2.45) is 0 Å². The van der Waals surface area contributed by atoms with E-state index in [0.717, 1.165) is 16.5 Å². The molecule has 214 valence electrons. The van der Waals surface area contributed by atoms with Crippen LogP contribution in [0.3, 0.4) is 0 Å². The number of aliphatic carboxylic acids is 2. The Labute approximate surface area is 234 Å². The lowest BCUT2D eigenvalue weighted by Gasteiger charge is -2.26. The van der Waals surface area contributed by atoms with Crippen molar-refractivity contribution in [3.05, 3.63) is 46.4 Å². The number of thiophene rings is 1. The molecular weight excluding hydrogens is 542 g/mol. The summed E-state index contributed by atoms with van der Waals surface area (Å²) in [5, 5.41) is 28.7. The molecule has 1 aliphatic carbocycles. The average Bonchev–Trinajstić information content (AvgIpc) is 3.53. The number of carbonyl (C=O) groups is 4. The lowest BCUT2D eigenvalue weighted by atomic mass is 9.96. The number of benzene rings is 1. The number of phenols is 1. The molecule has 0 spiro atoms. The number of methoxy groups -OCH3 is 1. The second-order valence-corrected chi connectivity index (χ2v) is 10.6. The monoisotopic (exact) mass is 573 g/mol.